The first-order valence-corrected chi connectivity index (χ1v) is 10.5. The molecule has 1 atom stereocenters. The van der Waals surface area contributed by atoms with Crippen LogP contribution in [0, 0.1) is 6.92 Å². The first kappa shape index (κ1) is 22.7. The summed E-state index contributed by atoms with van der Waals surface area (Å²) >= 11 is 0. The molecule has 0 bridgehead atoms. The van der Waals surface area contributed by atoms with E-state index in [9.17, 15) is 0 Å². The van der Waals surface area contributed by atoms with Crippen molar-refractivity contribution < 1.29 is 9.26 Å². The Bertz CT molecular complexity index is 785. The van der Waals surface area contributed by atoms with Gasteiger partial charge >= 0.3 is 0 Å². The first-order chi connectivity index (χ1) is 13.9. The van der Waals surface area contributed by atoms with Crippen LogP contribution >= 0.6 is 0 Å². The van der Waals surface area contributed by atoms with Crippen LogP contribution in [0.3, 0.4) is 0 Å². The fraction of sp³-hybridized carbons (Fsp3) is 0.591. The summed E-state index contributed by atoms with van der Waals surface area (Å²) in [6.07, 6.45) is 2.79. The second kappa shape index (κ2) is 11.4. The van der Waals surface area contributed by atoms with Gasteiger partial charge in [-0.3, -0.25) is 4.99 Å². The summed E-state index contributed by atoms with van der Waals surface area (Å²) in [6.45, 7) is 11.8. The summed E-state index contributed by atoms with van der Waals surface area (Å²) in [6, 6.07) is 6.30. The molecule has 2 aromatic rings. The number of aromatic nitrogens is 2. The topological polar surface area (TPSA) is 84.6 Å². The highest BCUT2D eigenvalue weighted by Crippen LogP contribution is 2.22. The lowest BCUT2D eigenvalue weighted by atomic mass is 10.1. The van der Waals surface area contributed by atoms with Gasteiger partial charge in [-0.05, 0) is 38.3 Å². The van der Waals surface area contributed by atoms with Gasteiger partial charge in [0, 0.05) is 38.0 Å². The van der Waals surface area contributed by atoms with Crippen molar-refractivity contribution in [2.75, 3.05) is 13.6 Å². The van der Waals surface area contributed by atoms with E-state index in [2.05, 4.69) is 78.6 Å². The molecule has 0 amide bonds. The highest BCUT2D eigenvalue weighted by molar-refractivity contribution is 5.79. The van der Waals surface area contributed by atoms with Crippen LogP contribution in [0.1, 0.15) is 69.3 Å². The molecular formula is C22H35N5O2. The first-order valence-electron chi connectivity index (χ1n) is 10.5. The minimum Gasteiger partial charge on any atom is -0.490 e. The molecule has 1 aromatic heterocycles. The van der Waals surface area contributed by atoms with Crippen molar-refractivity contribution >= 4 is 5.96 Å². The minimum absolute atomic E-state index is 0.189. The number of aliphatic imine (C=N–C) groups is 1. The number of guanidine groups is 1. The molecule has 160 valence electrons. The van der Waals surface area contributed by atoms with Crippen molar-refractivity contribution in [3.05, 3.63) is 41.0 Å². The minimum atomic E-state index is 0.189. The average molecular weight is 402 g/mol. The van der Waals surface area contributed by atoms with E-state index in [1.807, 2.05) is 0 Å². The summed E-state index contributed by atoms with van der Waals surface area (Å²) < 4.78 is 11.4. The van der Waals surface area contributed by atoms with Crippen LogP contribution in [0.4, 0.5) is 0 Å². The highest BCUT2D eigenvalue weighted by atomic mass is 16.5. The third-order valence-corrected chi connectivity index (χ3v) is 4.66. The molecular weight excluding hydrogens is 366 g/mol. The van der Waals surface area contributed by atoms with Crippen LogP contribution in [0.25, 0.3) is 0 Å². The van der Waals surface area contributed by atoms with Gasteiger partial charge in [-0.2, -0.15) is 4.98 Å². The quantitative estimate of drug-likeness (QED) is 0.356. The number of hydrogen-bond donors (Lipinski definition) is 2. The van der Waals surface area contributed by atoms with Crippen LogP contribution < -0.4 is 15.4 Å². The van der Waals surface area contributed by atoms with Crippen molar-refractivity contribution in [3.8, 4) is 5.75 Å². The van der Waals surface area contributed by atoms with Crippen molar-refractivity contribution in [3.63, 3.8) is 0 Å². The van der Waals surface area contributed by atoms with Crippen LogP contribution in [0.2, 0.25) is 0 Å². The average Bonchev–Trinajstić information content (AvgIpc) is 3.18. The molecule has 0 fully saturated rings. The van der Waals surface area contributed by atoms with E-state index >= 15 is 0 Å². The van der Waals surface area contributed by atoms with Gasteiger partial charge < -0.3 is 19.9 Å². The molecule has 7 nitrogen and oxygen atoms in total. The maximum absolute atomic E-state index is 6.08. The Balaban J connectivity index is 1.81. The van der Waals surface area contributed by atoms with E-state index in [0.29, 0.717) is 12.4 Å². The Morgan fingerprint density at radius 1 is 1.24 bits per heavy atom. The van der Waals surface area contributed by atoms with Gasteiger partial charge in [-0.15, -0.1) is 0 Å². The van der Waals surface area contributed by atoms with E-state index in [-0.39, 0.29) is 12.0 Å². The van der Waals surface area contributed by atoms with Crippen LogP contribution in [0.15, 0.2) is 27.7 Å². The standard InChI is InChI=1S/C22H35N5O2/c1-7-17(5)28-19-13-16(4)10-11-18(19)14-25-22(23-6)24-12-8-9-20-26-21(15(2)3)27-29-20/h10-11,13,15,17H,7-9,12,14H2,1-6H3,(H2,23,24,25). The number of hydrogen-bond acceptors (Lipinski definition) is 5. The summed E-state index contributed by atoms with van der Waals surface area (Å²) in [7, 11) is 1.77. The van der Waals surface area contributed by atoms with Crippen molar-refractivity contribution in [2.45, 2.75) is 72.4 Å². The molecule has 0 aliphatic heterocycles. The molecule has 0 spiro atoms. The molecule has 0 aliphatic carbocycles. The number of nitrogens with zero attached hydrogens (tertiary/aromatic N) is 3. The zero-order valence-electron chi connectivity index (χ0n) is 18.6. The Morgan fingerprint density at radius 3 is 2.69 bits per heavy atom. The zero-order chi connectivity index (χ0) is 21.2. The van der Waals surface area contributed by atoms with Gasteiger partial charge in [0.2, 0.25) is 5.89 Å². The molecule has 2 rings (SSSR count). The van der Waals surface area contributed by atoms with E-state index in [0.717, 1.165) is 48.9 Å². The maximum Gasteiger partial charge on any atom is 0.226 e. The third kappa shape index (κ3) is 7.40. The van der Waals surface area contributed by atoms with E-state index < -0.39 is 0 Å². The summed E-state index contributed by atoms with van der Waals surface area (Å²) in [5.41, 5.74) is 2.31. The molecule has 2 N–H and O–H groups in total. The SMILES string of the molecule is CCC(C)Oc1cc(C)ccc1CNC(=NC)NCCCc1nc(C(C)C)no1. The number of nitrogens with one attached hydrogen (secondary N) is 2. The van der Waals surface area contributed by atoms with Gasteiger partial charge in [0.05, 0.1) is 6.10 Å². The Morgan fingerprint density at radius 2 is 2.03 bits per heavy atom. The lowest BCUT2D eigenvalue weighted by Crippen LogP contribution is -2.37. The smallest absolute Gasteiger partial charge is 0.226 e. The lowest BCUT2D eigenvalue weighted by molar-refractivity contribution is 0.215. The largest absolute Gasteiger partial charge is 0.490 e. The number of rotatable bonds is 10. The lowest BCUT2D eigenvalue weighted by Gasteiger charge is -2.18. The molecule has 7 heteroatoms. The molecule has 0 saturated heterocycles. The van der Waals surface area contributed by atoms with E-state index in [4.69, 9.17) is 9.26 Å². The van der Waals surface area contributed by atoms with E-state index in [1.54, 1.807) is 7.05 Å². The second-order valence-corrected chi connectivity index (χ2v) is 7.61. The van der Waals surface area contributed by atoms with Gasteiger partial charge in [-0.1, -0.05) is 38.1 Å². The molecule has 0 aliphatic rings. The predicted octanol–water partition coefficient (Wildman–Crippen LogP) is 3.98. The molecule has 1 unspecified atom stereocenters. The van der Waals surface area contributed by atoms with Crippen LogP contribution in [-0.2, 0) is 13.0 Å². The molecule has 0 radical (unpaired) electrons. The van der Waals surface area contributed by atoms with Gasteiger partial charge in [0.15, 0.2) is 11.8 Å². The highest BCUT2D eigenvalue weighted by Gasteiger charge is 2.10. The van der Waals surface area contributed by atoms with Gasteiger partial charge in [0.1, 0.15) is 5.75 Å². The molecule has 1 heterocycles. The summed E-state index contributed by atoms with van der Waals surface area (Å²) in [5.74, 6) is 3.42. The van der Waals surface area contributed by atoms with Crippen LogP contribution in [0.5, 0.6) is 5.75 Å². The van der Waals surface area contributed by atoms with Gasteiger partial charge in [0.25, 0.3) is 0 Å². The molecule has 1 aromatic carbocycles. The Hall–Kier alpha value is -2.57. The van der Waals surface area contributed by atoms with Crippen LogP contribution in [-0.4, -0.2) is 35.8 Å². The van der Waals surface area contributed by atoms with Crippen molar-refractivity contribution in [1.82, 2.24) is 20.8 Å². The third-order valence-electron chi connectivity index (χ3n) is 4.66. The fourth-order valence-corrected chi connectivity index (χ4v) is 2.67. The molecule has 0 saturated carbocycles. The zero-order valence-corrected chi connectivity index (χ0v) is 18.6. The Labute approximate surface area is 174 Å². The number of aryl methyl sites for hydroxylation is 2. The normalized spacial score (nSPS) is 12.9. The Kier molecular flexibility index (Phi) is 8.96. The number of ether oxygens (including phenoxy) is 1. The summed E-state index contributed by atoms with van der Waals surface area (Å²) in [4.78, 5) is 8.71. The maximum atomic E-state index is 6.08. The summed E-state index contributed by atoms with van der Waals surface area (Å²) in [5, 5.41) is 10.7. The van der Waals surface area contributed by atoms with Gasteiger partial charge in [-0.25, -0.2) is 0 Å². The van der Waals surface area contributed by atoms with Crippen molar-refractivity contribution in [2.24, 2.45) is 4.99 Å². The predicted molar refractivity (Wildman–Crippen MR) is 116 cm³/mol. The van der Waals surface area contributed by atoms with Crippen molar-refractivity contribution in [1.29, 1.82) is 0 Å². The number of benzene rings is 1. The second-order valence-electron chi connectivity index (χ2n) is 7.61. The fourth-order valence-electron chi connectivity index (χ4n) is 2.67. The molecule has 29 heavy (non-hydrogen) atoms. The van der Waals surface area contributed by atoms with E-state index in [1.165, 1.54) is 5.56 Å². The monoisotopic (exact) mass is 401 g/mol.